The third kappa shape index (κ3) is 3.38. The molecule has 0 aliphatic carbocycles. The van der Waals surface area contributed by atoms with Gasteiger partial charge < -0.3 is 15.5 Å². The second-order valence-electron chi connectivity index (χ2n) is 4.15. The van der Waals surface area contributed by atoms with E-state index in [4.69, 9.17) is 5.73 Å². The van der Waals surface area contributed by atoms with Crippen molar-refractivity contribution in [1.82, 2.24) is 14.7 Å². The lowest BCUT2D eigenvalue weighted by molar-refractivity contribution is 0.0600. The van der Waals surface area contributed by atoms with Crippen LogP contribution in [0.3, 0.4) is 0 Å². The quantitative estimate of drug-likeness (QED) is 0.537. The minimum Gasteiger partial charge on any atom is -0.465 e. The molecule has 0 saturated heterocycles. The number of ether oxygens (including phenoxy) is 1. The Bertz CT molecular complexity index is 741. The summed E-state index contributed by atoms with van der Waals surface area (Å²) in [5.41, 5.74) is 6.47. The molecule has 0 bridgehead atoms. The highest BCUT2D eigenvalue weighted by atomic mass is 32.2. The molecule has 0 aliphatic heterocycles. The van der Waals surface area contributed by atoms with Gasteiger partial charge in [-0.25, -0.2) is 22.9 Å². The third-order valence-corrected chi connectivity index (χ3v) is 4.20. The predicted octanol–water partition coefficient (Wildman–Crippen LogP) is 0.257. The molecule has 1 heterocycles. The van der Waals surface area contributed by atoms with Crippen LogP contribution in [0.2, 0.25) is 0 Å². The van der Waals surface area contributed by atoms with E-state index in [1.54, 1.807) is 0 Å². The van der Waals surface area contributed by atoms with Crippen molar-refractivity contribution in [3.8, 4) is 0 Å². The van der Waals surface area contributed by atoms with Crippen molar-refractivity contribution in [2.45, 2.75) is 11.4 Å². The maximum Gasteiger partial charge on any atom is 0.337 e. The Morgan fingerprint density at radius 2 is 2.24 bits per heavy atom. The summed E-state index contributed by atoms with van der Waals surface area (Å²) in [6, 6.07) is 3.86. The van der Waals surface area contributed by atoms with E-state index in [-0.39, 0.29) is 22.7 Å². The molecule has 8 nitrogen and oxygen atoms in total. The molecule has 1 aromatic carbocycles. The summed E-state index contributed by atoms with van der Waals surface area (Å²) in [6.45, 7) is 0.0561. The number of carbonyl (C=O) groups is 1. The first-order valence-electron chi connectivity index (χ1n) is 5.89. The molecular formula is C12H14N4O4S. The molecule has 0 amide bonds. The average Bonchev–Trinajstić information content (AvgIpc) is 2.97. The zero-order valence-corrected chi connectivity index (χ0v) is 12.0. The van der Waals surface area contributed by atoms with Crippen LogP contribution in [0, 0.1) is 0 Å². The molecule has 21 heavy (non-hydrogen) atoms. The van der Waals surface area contributed by atoms with Crippen molar-refractivity contribution in [2.75, 3.05) is 12.8 Å². The number of esters is 1. The number of carbonyl (C=O) groups excluding carboxylic acids is 1. The van der Waals surface area contributed by atoms with E-state index in [9.17, 15) is 13.2 Å². The summed E-state index contributed by atoms with van der Waals surface area (Å²) in [5.74, 6) is -0.587. The van der Waals surface area contributed by atoms with Gasteiger partial charge in [0.2, 0.25) is 10.0 Å². The third-order valence-electron chi connectivity index (χ3n) is 2.73. The Balaban J connectivity index is 2.21. The van der Waals surface area contributed by atoms with Gasteiger partial charge in [0.15, 0.2) is 0 Å². The lowest BCUT2D eigenvalue weighted by Crippen LogP contribution is -2.24. The van der Waals surface area contributed by atoms with Gasteiger partial charge in [-0.1, -0.05) is 0 Å². The first kappa shape index (κ1) is 15.0. The van der Waals surface area contributed by atoms with Crippen LogP contribution in [0.4, 0.5) is 5.69 Å². The van der Waals surface area contributed by atoms with E-state index in [1.165, 1.54) is 37.8 Å². The van der Waals surface area contributed by atoms with Crippen LogP contribution < -0.4 is 10.5 Å². The van der Waals surface area contributed by atoms with E-state index < -0.39 is 16.0 Å². The first-order valence-corrected chi connectivity index (χ1v) is 7.37. The van der Waals surface area contributed by atoms with Gasteiger partial charge >= 0.3 is 5.97 Å². The van der Waals surface area contributed by atoms with Gasteiger partial charge in [-0.05, 0) is 18.2 Å². The number of rotatable bonds is 5. The summed E-state index contributed by atoms with van der Waals surface area (Å²) in [5, 5.41) is 0. The molecule has 9 heteroatoms. The van der Waals surface area contributed by atoms with Crippen molar-refractivity contribution in [3.05, 3.63) is 42.0 Å². The fraction of sp³-hybridized carbons (Fsp3) is 0.167. The number of hydrogen-bond acceptors (Lipinski definition) is 6. The fourth-order valence-electron chi connectivity index (χ4n) is 1.67. The van der Waals surface area contributed by atoms with Crippen molar-refractivity contribution in [2.24, 2.45) is 0 Å². The molecule has 2 rings (SSSR count). The zero-order chi connectivity index (χ0) is 15.5. The predicted molar refractivity (Wildman–Crippen MR) is 74.8 cm³/mol. The van der Waals surface area contributed by atoms with Crippen LogP contribution in [0.15, 0.2) is 35.6 Å². The van der Waals surface area contributed by atoms with Gasteiger partial charge in [0.25, 0.3) is 0 Å². The monoisotopic (exact) mass is 310 g/mol. The van der Waals surface area contributed by atoms with E-state index in [1.807, 2.05) is 0 Å². The standard InChI is InChI=1S/C12H14N4O4S/c1-20-12(17)8-2-3-11(10(13)4-8)21(18,19)16-6-9-5-14-7-15-9/h2-5,7,16H,6,13H2,1H3,(H,14,15). The summed E-state index contributed by atoms with van der Waals surface area (Å²) in [4.78, 5) is 17.8. The normalized spacial score (nSPS) is 11.3. The van der Waals surface area contributed by atoms with Crippen LogP contribution in [0.5, 0.6) is 0 Å². The van der Waals surface area contributed by atoms with Gasteiger partial charge in [-0.2, -0.15) is 0 Å². The Morgan fingerprint density at radius 3 is 2.81 bits per heavy atom. The summed E-state index contributed by atoms with van der Waals surface area (Å²) in [6.07, 6.45) is 2.95. The largest absolute Gasteiger partial charge is 0.465 e. The number of imidazole rings is 1. The lowest BCUT2D eigenvalue weighted by Gasteiger charge is -2.09. The number of nitrogens with one attached hydrogen (secondary N) is 2. The number of nitrogens with zero attached hydrogens (tertiary/aromatic N) is 1. The number of benzene rings is 1. The van der Waals surface area contributed by atoms with Crippen molar-refractivity contribution in [3.63, 3.8) is 0 Å². The molecule has 0 saturated carbocycles. The van der Waals surface area contributed by atoms with Gasteiger partial charge in [0.05, 0.1) is 31.2 Å². The number of methoxy groups -OCH3 is 1. The Labute approximate surface area is 121 Å². The van der Waals surface area contributed by atoms with E-state index in [0.29, 0.717) is 5.69 Å². The van der Waals surface area contributed by atoms with Gasteiger partial charge in [0.1, 0.15) is 4.90 Å². The van der Waals surface area contributed by atoms with Crippen LogP contribution in [-0.2, 0) is 21.3 Å². The molecule has 0 unspecified atom stereocenters. The molecule has 4 N–H and O–H groups in total. The molecule has 112 valence electrons. The van der Waals surface area contributed by atoms with Crippen molar-refractivity contribution >= 4 is 21.7 Å². The van der Waals surface area contributed by atoms with E-state index >= 15 is 0 Å². The number of sulfonamides is 1. The van der Waals surface area contributed by atoms with Crippen LogP contribution in [-0.4, -0.2) is 31.5 Å². The summed E-state index contributed by atoms with van der Waals surface area (Å²) < 4.78 is 31.2. The Hall–Kier alpha value is -2.39. The van der Waals surface area contributed by atoms with Gasteiger partial charge in [-0.15, -0.1) is 0 Å². The molecule has 0 aliphatic rings. The number of nitrogen functional groups attached to an aromatic ring is 1. The lowest BCUT2D eigenvalue weighted by atomic mass is 10.2. The molecule has 0 atom stereocenters. The minimum absolute atomic E-state index is 0.0324. The molecule has 1 aromatic heterocycles. The second kappa shape index (κ2) is 5.94. The zero-order valence-electron chi connectivity index (χ0n) is 11.2. The molecule has 0 radical (unpaired) electrons. The number of anilines is 1. The molecule has 2 aromatic rings. The maximum atomic E-state index is 12.2. The van der Waals surface area contributed by atoms with Crippen LogP contribution >= 0.6 is 0 Å². The SMILES string of the molecule is COC(=O)c1ccc(S(=O)(=O)NCc2cnc[nH]2)c(N)c1. The Morgan fingerprint density at radius 1 is 1.48 bits per heavy atom. The number of aromatic amines is 1. The molecule has 0 fully saturated rings. The van der Waals surface area contributed by atoms with Crippen LogP contribution in [0.1, 0.15) is 16.1 Å². The number of H-pyrrole nitrogens is 1. The van der Waals surface area contributed by atoms with Crippen molar-refractivity contribution in [1.29, 1.82) is 0 Å². The number of aromatic nitrogens is 2. The average molecular weight is 310 g/mol. The highest BCUT2D eigenvalue weighted by molar-refractivity contribution is 7.89. The topological polar surface area (TPSA) is 127 Å². The molecule has 0 spiro atoms. The maximum absolute atomic E-state index is 12.2. The number of hydrogen-bond donors (Lipinski definition) is 3. The van der Waals surface area contributed by atoms with E-state index in [2.05, 4.69) is 19.4 Å². The Kier molecular flexibility index (Phi) is 4.24. The smallest absolute Gasteiger partial charge is 0.337 e. The molecular weight excluding hydrogens is 296 g/mol. The minimum atomic E-state index is -3.79. The summed E-state index contributed by atoms with van der Waals surface area (Å²) >= 11 is 0. The second-order valence-corrected chi connectivity index (χ2v) is 5.88. The highest BCUT2D eigenvalue weighted by Gasteiger charge is 2.19. The van der Waals surface area contributed by atoms with Gasteiger partial charge in [-0.3, -0.25) is 0 Å². The fourth-order valence-corrected chi connectivity index (χ4v) is 2.79. The number of nitrogens with two attached hydrogens (primary N) is 1. The summed E-state index contributed by atoms with van der Waals surface area (Å²) in [7, 11) is -2.56. The highest BCUT2D eigenvalue weighted by Crippen LogP contribution is 2.20. The van der Waals surface area contributed by atoms with Crippen LogP contribution in [0.25, 0.3) is 0 Å². The van der Waals surface area contributed by atoms with E-state index in [0.717, 1.165) is 0 Å². The van der Waals surface area contributed by atoms with Gasteiger partial charge in [0, 0.05) is 11.9 Å². The first-order chi connectivity index (χ1) is 9.94. The van der Waals surface area contributed by atoms with Crippen molar-refractivity contribution < 1.29 is 17.9 Å².